The molecule has 0 saturated carbocycles. The Morgan fingerprint density at radius 1 is 0.404 bits per heavy atom. The van der Waals surface area contributed by atoms with Gasteiger partial charge in [-0.2, -0.15) is 0 Å². The molecule has 0 bridgehead atoms. The molecule has 0 spiro atoms. The van der Waals surface area contributed by atoms with Crippen molar-refractivity contribution in [3.8, 4) is 44.8 Å². The van der Waals surface area contributed by atoms with Crippen molar-refractivity contribution in [2.45, 2.75) is 0 Å². The highest BCUT2D eigenvalue weighted by Crippen LogP contribution is 2.50. The van der Waals surface area contributed by atoms with Crippen LogP contribution in [-0.4, -0.2) is 4.98 Å². The maximum Gasteiger partial charge on any atom is 0.227 e. The third-order valence-electron chi connectivity index (χ3n) is 10.9. The van der Waals surface area contributed by atoms with Gasteiger partial charge in [-0.15, -0.1) is 11.3 Å². The number of oxazole rings is 1. The number of thiophene rings is 1. The summed E-state index contributed by atoms with van der Waals surface area (Å²) in [5, 5.41) is 4.71. The first-order valence-corrected chi connectivity index (χ1v) is 20.0. The van der Waals surface area contributed by atoms with E-state index >= 15 is 0 Å². The second-order valence-corrected chi connectivity index (χ2v) is 15.4. The summed E-state index contributed by atoms with van der Waals surface area (Å²) in [4.78, 5) is 7.56. The van der Waals surface area contributed by atoms with Crippen molar-refractivity contribution in [1.82, 2.24) is 4.98 Å². The average Bonchev–Trinajstić information content (AvgIpc) is 3.89. The first-order valence-electron chi connectivity index (χ1n) is 19.2. The van der Waals surface area contributed by atoms with E-state index in [0.29, 0.717) is 5.89 Å². The molecule has 0 saturated heterocycles. The number of anilines is 3. The van der Waals surface area contributed by atoms with Crippen molar-refractivity contribution >= 4 is 70.4 Å². The van der Waals surface area contributed by atoms with Gasteiger partial charge in [0.05, 0.1) is 4.70 Å². The molecule has 0 unspecified atom stereocenters. The second-order valence-electron chi connectivity index (χ2n) is 14.4. The fraction of sp³-hybridized carbons (Fsp3) is 0. The van der Waals surface area contributed by atoms with Crippen LogP contribution in [0, 0.1) is 0 Å². The zero-order valence-corrected chi connectivity index (χ0v) is 31.7. The molecule has 3 nitrogen and oxygen atoms in total. The van der Waals surface area contributed by atoms with Gasteiger partial charge in [-0.25, -0.2) is 4.98 Å². The monoisotopic (exact) mass is 746 g/mol. The van der Waals surface area contributed by atoms with E-state index in [1.807, 2.05) is 0 Å². The van der Waals surface area contributed by atoms with Crippen molar-refractivity contribution in [2.75, 3.05) is 4.90 Å². The van der Waals surface area contributed by atoms with E-state index < -0.39 is 0 Å². The number of hydrogen-bond acceptors (Lipinski definition) is 4. The fourth-order valence-corrected chi connectivity index (χ4v) is 9.22. The molecule has 57 heavy (non-hydrogen) atoms. The molecule has 2 heterocycles. The lowest BCUT2D eigenvalue weighted by Gasteiger charge is -2.26. The smallest absolute Gasteiger partial charge is 0.227 e. The topological polar surface area (TPSA) is 29.3 Å². The normalized spacial score (nSPS) is 11.5. The second kappa shape index (κ2) is 13.8. The molecule has 9 aromatic carbocycles. The number of aromatic nitrogens is 1. The summed E-state index contributed by atoms with van der Waals surface area (Å²) in [6.07, 6.45) is 0. The number of hydrogen-bond donors (Lipinski definition) is 0. The van der Waals surface area contributed by atoms with E-state index in [1.54, 1.807) is 11.3 Å². The van der Waals surface area contributed by atoms with Gasteiger partial charge in [0.2, 0.25) is 5.89 Å². The van der Waals surface area contributed by atoms with Crippen LogP contribution in [0.2, 0.25) is 0 Å². The van der Waals surface area contributed by atoms with Crippen LogP contribution < -0.4 is 4.90 Å². The summed E-state index contributed by atoms with van der Waals surface area (Å²) in [7, 11) is 0. The predicted octanol–water partition coefficient (Wildman–Crippen LogP) is 15.5. The predicted molar refractivity (Wildman–Crippen MR) is 241 cm³/mol. The molecule has 268 valence electrons. The van der Waals surface area contributed by atoms with Crippen molar-refractivity contribution in [2.24, 2.45) is 0 Å². The molecule has 11 rings (SSSR count). The lowest BCUT2D eigenvalue weighted by Crippen LogP contribution is -2.10. The van der Waals surface area contributed by atoms with E-state index in [4.69, 9.17) is 9.40 Å². The zero-order chi connectivity index (χ0) is 37.7. The standard InChI is InChI=1S/C53H34N2OS/c1-3-11-35(12-4-1)38-19-21-39(22-20-38)41-27-31-45(32-28-41)55(44-29-25-40(26-30-44)36-13-5-2-6-14-36)50-51-48(34-47-46-17-9-10-18-49(46)57-52(47)50)54-53(56-51)43-24-23-37-15-7-8-16-42(37)33-43/h1-34H. The van der Waals surface area contributed by atoms with Crippen LogP contribution in [0.25, 0.3) is 86.9 Å². The highest BCUT2D eigenvalue weighted by Gasteiger charge is 2.25. The van der Waals surface area contributed by atoms with Gasteiger partial charge in [0.25, 0.3) is 0 Å². The molecule has 4 heteroatoms. The van der Waals surface area contributed by atoms with Crippen LogP contribution >= 0.6 is 11.3 Å². The van der Waals surface area contributed by atoms with Crippen molar-refractivity contribution in [3.63, 3.8) is 0 Å². The molecule has 0 aliphatic rings. The van der Waals surface area contributed by atoms with Crippen LogP contribution in [0.5, 0.6) is 0 Å². The summed E-state index contributed by atoms with van der Waals surface area (Å²) in [6, 6.07) is 73.3. The maximum atomic E-state index is 6.95. The largest absolute Gasteiger partial charge is 0.434 e. The highest BCUT2D eigenvalue weighted by molar-refractivity contribution is 7.26. The highest BCUT2D eigenvalue weighted by atomic mass is 32.1. The Bertz CT molecular complexity index is 3200. The van der Waals surface area contributed by atoms with Crippen LogP contribution in [0.4, 0.5) is 17.1 Å². The van der Waals surface area contributed by atoms with Gasteiger partial charge in [-0.1, -0.05) is 158 Å². The molecule has 2 aromatic heterocycles. The summed E-state index contributed by atoms with van der Waals surface area (Å²) in [5.41, 5.74) is 12.7. The number of fused-ring (bicyclic) bond motifs is 5. The quantitative estimate of drug-likeness (QED) is 0.163. The van der Waals surface area contributed by atoms with E-state index in [9.17, 15) is 0 Å². The zero-order valence-electron chi connectivity index (χ0n) is 30.8. The molecular weight excluding hydrogens is 713 g/mol. The SMILES string of the molecule is c1ccc(-c2ccc(-c3ccc(N(c4ccc(-c5ccccc5)cc4)c4c5oc(-c6ccc7ccccc7c6)nc5cc5c4sc4ccccc45)cc3)cc2)cc1. The molecule has 11 aromatic rings. The summed E-state index contributed by atoms with van der Waals surface area (Å²) in [5.74, 6) is 0.604. The van der Waals surface area contributed by atoms with E-state index in [-0.39, 0.29) is 0 Å². The Labute approximate surface area is 334 Å². The van der Waals surface area contributed by atoms with Gasteiger partial charge in [-0.3, -0.25) is 0 Å². The van der Waals surface area contributed by atoms with Crippen molar-refractivity contribution < 1.29 is 4.42 Å². The number of nitrogens with zero attached hydrogens (tertiary/aromatic N) is 2. The van der Waals surface area contributed by atoms with E-state index in [0.717, 1.165) is 60.3 Å². The van der Waals surface area contributed by atoms with Crippen molar-refractivity contribution in [1.29, 1.82) is 0 Å². The Balaban J connectivity index is 1.10. The van der Waals surface area contributed by atoms with Crippen molar-refractivity contribution in [3.05, 3.63) is 206 Å². The van der Waals surface area contributed by atoms with Gasteiger partial charge in [0.1, 0.15) is 11.2 Å². The Morgan fingerprint density at radius 2 is 0.895 bits per heavy atom. The summed E-state index contributed by atoms with van der Waals surface area (Å²) in [6.45, 7) is 0. The Morgan fingerprint density at radius 3 is 1.51 bits per heavy atom. The van der Waals surface area contributed by atoms with Crippen LogP contribution in [-0.2, 0) is 0 Å². The lowest BCUT2D eigenvalue weighted by molar-refractivity contribution is 0.620. The average molecular weight is 747 g/mol. The molecule has 0 aliphatic heterocycles. The summed E-state index contributed by atoms with van der Waals surface area (Å²) < 4.78 is 9.33. The lowest BCUT2D eigenvalue weighted by atomic mass is 10.00. The fourth-order valence-electron chi connectivity index (χ4n) is 8.00. The van der Waals surface area contributed by atoms with Gasteiger partial charge in [-0.05, 0) is 92.7 Å². The third-order valence-corrected chi connectivity index (χ3v) is 12.1. The van der Waals surface area contributed by atoms with Gasteiger partial charge >= 0.3 is 0 Å². The first-order chi connectivity index (χ1) is 28.2. The Kier molecular flexibility index (Phi) is 8.01. The Hall–Kier alpha value is -7.27. The summed E-state index contributed by atoms with van der Waals surface area (Å²) >= 11 is 1.80. The van der Waals surface area contributed by atoms with Gasteiger partial charge in [0.15, 0.2) is 5.58 Å². The molecule has 0 atom stereocenters. The van der Waals surface area contributed by atoms with E-state index in [1.165, 1.54) is 37.7 Å². The van der Waals surface area contributed by atoms with Crippen LogP contribution in [0.15, 0.2) is 211 Å². The number of rotatable bonds is 7. The van der Waals surface area contributed by atoms with Gasteiger partial charge < -0.3 is 9.32 Å². The van der Waals surface area contributed by atoms with Crippen LogP contribution in [0.1, 0.15) is 0 Å². The minimum atomic E-state index is 0.604. The van der Waals surface area contributed by atoms with Crippen LogP contribution in [0.3, 0.4) is 0 Å². The molecule has 0 fully saturated rings. The number of benzene rings is 9. The van der Waals surface area contributed by atoms with Gasteiger partial charge in [0, 0.05) is 32.4 Å². The minimum absolute atomic E-state index is 0.604. The minimum Gasteiger partial charge on any atom is -0.434 e. The molecule has 0 amide bonds. The van der Waals surface area contributed by atoms with E-state index in [2.05, 4.69) is 211 Å². The first kappa shape index (κ1) is 33.1. The maximum absolute atomic E-state index is 6.95. The third kappa shape index (κ3) is 5.95. The molecule has 0 N–H and O–H groups in total. The molecular formula is C53H34N2OS. The molecule has 0 aliphatic carbocycles. The molecule has 0 radical (unpaired) electrons.